The van der Waals surface area contributed by atoms with Gasteiger partial charge in [-0.2, -0.15) is 0 Å². The molecule has 0 aliphatic carbocycles. The molecule has 0 bridgehead atoms. The van der Waals surface area contributed by atoms with Crippen molar-refractivity contribution in [1.29, 1.82) is 0 Å². The van der Waals surface area contributed by atoms with Crippen molar-refractivity contribution >= 4 is 13.1 Å². The van der Waals surface area contributed by atoms with Crippen molar-refractivity contribution in [1.82, 2.24) is 0 Å². The average molecular weight is 264 g/mol. The van der Waals surface area contributed by atoms with Crippen molar-refractivity contribution in [2.75, 3.05) is 7.11 Å². The molecule has 0 aliphatic heterocycles. The van der Waals surface area contributed by atoms with Crippen LogP contribution in [0, 0.1) is 5.92 Å². The van der Waals surface area contributed by atoms with Gasteiger partial charge < -0.3 is 0 Å². The second kappa shape index (κ2) is 7.09. The summed E-state index contributed by atoms with van der Waals surface area (Å²) in [5.74, 6) is 2.66. The minimum absolute atomic E-state index is 0.702. The van der Waals surface area contributed by atoms with E-state index in [1.807, 2.05) is 5.97 Å². The van der Waals surface area contributed by atoms with Crippen LogP contribution < -0.4 is 0 Å². The van der Waals surface area contributed by atoms with E-state index in [2.05, 4.69) is 62.4 Å². The Bertz CT molecular complexity index is 553. The Morgan fingerprint density at radius 2 is 1.50 bits per heavy atom. The van der Waals surface area contributed by atoms with E-state index >= 15 is 0 Å². The zero-order valence-electron chi connectivity index (χ0n) is 12.5. The molecular weight excluding hydrogens is 243 g/mol. The first-order valence-electron chi connectivity index (χ1n) is 7.08. The standard InChI is InChI=1S/C18H21BO/c1-14(2)12-15-4-8-17(9-5-15)18-10-6-16(7-11-18)13-19-20-3/h4-11,13-14H,12H2,1-3H3. The van der Waals surface area contributed by atoms with Gasteiger partial charge in [0, 0.05) is 0 Å². The van der Waals surface area contributed by atoms with Gasteiger partial charge in [0.2, 0.25) is 0 Å². The molecule has 0 atom stereocenters. The van der Waals surface area contributed by atoms with Crippen LogP contribution >= 0.6 is 0 Å². The van der Waals surface area contributed by atoms with Gasteiger partial charge in [0.25, 0.3) is 0 Å². The van der Waals surface area contributed by atoms with Crippen LogP contribution in [0.15, 0.2) is 48.5 Å². The molecule has 0 heterocycles. The molecule has 0 amide bonds. The van der Waals surface area contributed by atoms with Crippen molar-refractivity contribution in [2.45, 2.75) is 20.3 Å². The zero-order chi connectivity index (χ0) is 14.4. The zero-order valence-corrected chi connectivity index (χ0v) is 12.5. The Morgan fingerprint density at radius 1 is 0.950 bits per heavy atom. The first kappa shape index (κ1) is 14.6. The summed E-state index contributed by atoms with van der Waals surface area (Å²) in [6.45, 7) is 4.50. The Morgan fingerprint density at radius 3 is 2.00 bits per heavy atom. The van der Waals surface area contributed by atoms with Crippen molar-refractivity contribution in [3.63, 3.8) is 0 Å². The third-order valence-electron chi connectivity index (χ3n) is 3.24. The molecule has 2 aromatic carbocycles. The van der Waals surface area contributed by atoms with Gasteiger partial charge in [-0.1, -0.05) is 0 Å². The van der Waals surface area contributed by atoms with Gasteiger partial charge in [-0.15, -0.1) is 0 Å². The third kappa shape index (κ3) is 4.09. The second-order valence-corrected chi connectivity index (χ2v) is 5.46. The Labute approximate surface area is 122 Å². The summed E-state index contributed by atoms with van der Waals surface area (Å²) >= 11 is 0. The van der Waals surface area contributed by atoms with E-state index in [1.165, 1.54) is 16.7 Å². The van der Waals surface area contributed by atoms with E-state index in [1.54, 1.807) is 14.2 Å². The van der Waals surface area contributed by atoms with E-state index in [0.29, 0.717) is 5.92 Å². The number of hydrogen-bond donors (Lipinski definition) is 0. The molecule has 2 aromatic rings. The fourth-order valence-electron chi connectivity index (χ4n) is 2.24. The molecule has 0 saturated carbocycles. The van der Waals surface area contributed by atoms with Crippen LogP contribution in [0.5, 0.6) is 0 Å². The summed E-state index contributed by atoms with van der Waals surface area (Å²) in [4.78, 5) is 0. The van der Waals surface area contributed by atoms with Crippen LogP contribution in [0.2, 0.25) is 0 Å². The maximum absolute atomic E-state index is 4.92. The molecule has 0 spiro atoms. The predicted molar refractivity (Wildman–Crippen MR) is 88.3 cm³/mol. The molecule has 0 aromatic heterocycles. The van der Waals surface area contributed by atoms with Gasteiger partial charge >= 0.3 is 122 Å². The SMILES string of the molecule is COB=Cc1ccc(-c2ccc(CC(C)C)cc2)cc1. The molecule has 0 fully saturated rings. The molecule has 0 radical (unpaired) electrons. The van der Waals surface area contributed by atoms with Crippen LogP contribution in [0.25, 0.3) is 11.1 Å². The molecule has 0 unspecified atom stereocenters. The van der Waals surface area contributed by atoms with Gasteiger partial charge in [0.1, 0.15) is 0 Å². The summed E-state index contributed by atoms with van der Waals surface area (Å²) in [5.41, 5.74) is 5.06. The van der Waals surface area contributed by atoms with Crippen LogP contribution in [0.4, 0.5) is 0 Å². The van der Waals surface area contributed by atoms with E-state index in [0.717, 1.165) is 12.0 Å². The number of hydrogen-bond acceptors (Lipinski definition) is 1. The maximum atomic E-state index is 4.92. The summed E-state index contributed by atoms with van der Waals surface area (Å²) in [6, 6.07) is 17.4. The van der Waals surface area contributed by atoms with Crippen molar-refractivity contribution in [2.24, 2.45) is 5.92 Å². The van der Waals surface area contributed by atoms with Crippen LogP contribution in [-0.2, 0) is 11.1 Å². The summed E-state index contributed by atoms with van der Waals surface area (Å²) < 4.78 is 4.92. The Kier molecular flexibility index (Phi) is 5.17. The summed E-state index contributed by atoms with van der Waals surface area (Å²) in [7, 11) is 3.35. The number of benzene rings is 2. The van der Waals surface area contributed by atoms with E-state index < -0.39 is 0 Å². The van der Waals surface area contributed by atoms with Gasteiger partial charge in [-0.25, -0.2) is 0 Å². The topological polar surface area (TPSA) is 9.23 Å². The normalized spacial score (nSPS) is 10.8. The monoisotopic (exact) mass is 264 g/mol. The van der Waals surface area contributed by atoms with Crippen molar-refractivity contribution in [3.8, 4) is 11.1 Å². The average Bonchev–Trinajstić information content (AvgIpc) is 2.46. The van der Waals surface area contributed by atoms with Gasteiger partial charge in [0.15, 0.2) is 0 Å². The van der Waals surface area contributed by atoms with Crippen LogP contribution in [0.3, 0.4) is 0 Å². The molecule has 102 valence electrons. The van der Waals surface area contributed by atoms with Crippen LogP contribution in [-0.4, -0.2) is 20.2 Å². The second-order valence-electron chi connectivity index (χ2n) is 5.46. The fraction of sp³-hybridized carbons (Fsp3) is 0.278. The summed E-state index contributed by atoms with van der Waals surface area (Å²) in [6.07, 6.45) is 1.14. The molecule has 0 saturated heterocycles. The Hall–Kier alpha value is -1.83. The van der Waals surface area contributed by atoms with E-state index in [-0.39, 0.29) is 0 Å². The quantitative estimate of drug-likeness (QED) is 0.742. The third-order valence-corrected chi connectivity index (χ3v) is 3.24. The minimum atomic E-state index is 0.702. The number of rotatable bonds is 5. The van der Waals surface area contributed by atoms with Crippen molar-refractivity contribution in [3.05, 3.63) is 59.7 Å². The summed E-state index contributed by atoms with van der Waals surface area (Å²) in [5, 5.41) is 0. The Balaban J connectivity index is 2.13. The molecule has 0 N–H and O–H groups in total. The van der Waals surface area contributed by atoms with Crippen LogP contribution in [0.1, 0.15) is 25.0 Å². The van der Waals surface area contributed by atoms with Gasteiger partial charge in [-0.3, -0.25) is 0 Å². The van der Waals surface area contributed by atoms with E-state index in [4.69, 9.17) is 4.65 Å². The predicted octanol–water partition coefficient (Wildman–Crippen LogP) is 3.97. The first-order chi connectivity index (χ1) is 9.69. The van der Waals surface area contributed by atoms with Gasteiger partial charge in [0.05, 0.1) is 0 Å². The molecule has 2 heteroatoms. The van der Waals surface area contributed by atoms with E-state index in [9.17, 15) is 0 Å². The molecule has 20 heavy (non-hydrogen) atoms. The fourth-order valence-corrected chi connectivity index (χ4v) is 2.24. The van der Waals surface area contributed by atoms with Gasteiger partial charge in [-0.05, 0) is 0 Å². The molecule has 0 aliphatic rings. The molecule has 2 rings (SSSR count). The van der Waals surface area contributed by atoms with Crippen molar-refractivity contribution < 1.29 is 4.65 Å². The molecule has 1 nitrogen and oxygen atoms in total. The first-order valence-corrected chi connectivity index (χ1v) is 7.08. The molecular formula is C18H21BO.